The Morgan fingerprint density at radius 1 is 1.65 bits per heavy atom. The molecule has 1 aromatic heterocycles. The summed E-state index contributed by atoms with van der Waals surface area (Å²) in [6.07, 6.45) is 4.17. The number of nitrogens with one attached hydrogen (secondary N) is 2. The molecule has 5 heteroatoms. The molecule has 17 heavy (non-hydrogen) atoms. The number of hydrogen-bond acceptors (Lipinski definition) is 4. The zero-order valence-electron chi connectivity index (χ0n) is 9.74. The number of aromatic nitrogens is 2. The molecule has 92 valence electrons. The fourth-order valence-electron chi connectivity index (χ4n) is 1.54. The summed E-state index contributed by atoms with van der Waals surface area (Å²) in [4.78, 5) is 18.6. The van der Waals surface area contributed by atoms with E-state index in [9.17, 15) is 4.79 Å². The zero-order chi connectivity index (χ0) is 12.1. The first-order chi connectivity index (χ1) is 8.29. The van der Waals surface area contributed by atoms with Crippen LogP contribution in [0.4, 0.5) is 5.82 Å². The molecule has 0 radical (unpaired) electrons. The molecule has 0 spiro atoms. The van der Waals surface area contributed by atoms with Gasteiger partial charge in [0.2, 0.25) is 0 Å². The molecule has 0 unspecified atom stereocenters. The highest BCUT2D eigenvalue weighted by Crippen LogP contribution is 2.37. The number of thioether (sulfide) groups is 1. The number of H-pyrrole nitrogens is 1. The zero-order valence-corrected chi connectivity index (χ0v) is 10.6. The molecular formula is C12H17N3OS. The Morgan fingerprint density at radius 2 is 2.47 bits per heavy atom. The first-order valence-corrected chi connectivity index (χ1v) is 6.99. The molecule has 0 aromatic carbocycles. The molecule has 1 fully saturated rings. The maximum Gasteiger partial charge on any atom is 0.252 e. The fourth-order valence-corrected chi connectivity index (χ4v) is 2.11. The number of anilines is 1. The van der Waals surface area contributed by atoms with E-state index in [0.29, 0.717) is 11.7 Å². The van der Waals surface area contributed by atoms with Crippen LogP contribution in [0.25, 0.3) is 0 Å². The third-order valence-electron chi connectivity index (χ3n) is 2.51. The fraction of sp³-hybridized carbons (Fsp3) is 0.500. The average Bonchev–Trinajstić information content (AvgIpc) is 3.12. The van der Waals surface area contributed by atoms with Crippen molar-refractivity contribution in [2.75, 3.05) is 23.4 Å². The molecule has 0 aliphatic heterocycles. The number of hydrogen-bond donors (Lipinski definition) is 2. The quantitative estimate of drug-likeness (QED) is 0.574. The van der Waals surface area contributed by atoms with E-state index in [4.69, 9.17) is 0 Å². The molecule has 0 saturated heterocycles. The van der Waals surface area contributed by atoms with Gasteiger partial charge >= 0.3 is 0 Å². The normalized spacial score (nSPS) is 14.6. The van der Waals surface area contributed by atoms with Gasteiger partial charge in [0.1, 0.15) is 11.6 Å². The van der Waals surface area contributed by atoms with Gasteiger partial charge in [-0.1, -0.05) is 6.08 Å². The molecule has 1 heterocycles. The van der Waals surface area contributed by atoms with Gasteiger partial charge in [-0.25, -0.2) is 4.98 Å². The molecule has 0 atom stereocenters. The van der Waals surface area contributed by atoms with Crippen LogP contribution in [0, 0.1) is 0 Å². The Bertz CT molecular complexity index is 440. The minimum Gasteiger partial charge on any atom is -0.369 e. The highest BCUT2D eigenvalue weighted by Gasteiger charge is 2.26. The van der Waals surface area contributed by atoms with Crippen molar-refractivity contribution in [1.29, 1.82) is 0 Å². The Balaban J connectivity index is 1.87. The van der Waals surface area contributed by atoms with Gasteiger partial charge in [-0.05, 0) is 12.8 Å². The standard InChI is InChI=1S/C12H17N3OS/c1-2-6-17-7-5-13-10-8-11(16)15-12(14-10)9-3-4-9/h2,8-9H,1,3-7H2,(H2,13,14,15,16). The second-order valence-corrected chi connectivity index (χ2v) is 5.23. The van der Waals surface area contributed by atoms with Crippen LogP contribution in [0.15, 0.2) is 23.5 Å². The van der Waals surface area contributed by atoms with Gasteiger partial charge in [0.25, 0.3) is 5.56 Å². The van der Waals surface area contributed by atoms with Crippen LogP contribution >= 0.6 is 11.8 Å². The number of rotatable bonds is 7. The second kappa shape index (κ2) is 5.91. The SMILES string of the molecule is C=CCSCCNc1cc(=O)[nH]c(C2CC2)n1. The van der Waals surface area contributed by atoms with E-state index in [1.807, 2.05) is 6.08 Å². The summed E-state index contributed by atoms with van der Waals surface area (Å²) in [7, 11) is 0. The average molecular weight is 251 g/mol. The van der Waals surface area contributed by atoms with Gasteiger partial charge in [0.15, 0.2) is 0 Å². The minimum absolute atomic E-state index is 0.0665. The van der Waals surface area contributed by atoms with E-state index in [-0.39, 0.29) is 5.56 Å². The highest BCUT2D eigenvalue weighted by atomic mass is 32.2. The van der Waals surface area contributed by atoms with Crippen molar-refractivity contribution >= 4 is 17.6 Å². The minimum atomic E-state index is -0.0665. The van der Waals surface area contributed by atoms with Crippen molar-refractivity contribution in [2.45, 2.75) is 18.8 Å². The summed E-state index contributed by atoms with van der Waals surface area (Å²) in [5, 5.41) is 3.18. The van der Waals surface area contributed by atoms with Gasteiger partial charge in [-0.2, -0.15) is 11.8 Å². The maximum atomic E-state index is 11.4. The molecular weight excluding hydrogens is 234 g/mol. The molecule has 2 N–H and O–H groups in total. The summed E-state index contributed by atoms with van der Waals surface area (Å²) >= 11 is 1.81. The van der Waals surface area contributed by atoms with E-state index < -0.39 is 0 Å². The van der Waals surface area contributed by atoms with Gasteiger partial charge in [0.05, 0.1) is 0 Å². The van der Waals surface area contributed by atoms with Gasteiger partial charge in [0, 0.05) is 30.0 Å². The van der Waals surface area contributed by atoms with Crippen molar-refractivity contribution in [1.82, 2.24) is 9.97 Å². The van der Waals surface area contributed by atoms with Gasteiger partial charge < -0.3 is 10.3 Å². The molecule has 2 rings (SSSR count). The van der Waals surface area contributed by atoms with Crippen molar-refractivity contribution in [3.63, 3.8) is 0 Å². The second-order valence-electron chi connectivity index (χ2n) is 4.08. The van der Waals surface area contributed by atoms with E-state index >= 15 is 0 Å². The smallest absolute Gasteiger partial charge is 0.252 e. The molecule has 1 saturated carbocycles. The van der Waals surface area contributed by atoms with Crippen molar-refractivity contribution in [2.24, 2.45) is 0 Å². The van der Waals surface area contributed by atoms with Crippen LogP contribution < -0.4 is 10.9 Å². The van der Waals surface area contributed by atoms with E-state index in [2.05, 4.69) is 21.9 Å². The molecule has 1 aliphatic rings. The van der Waals surface area contributed by atoms with Crippen molar-refractivity contribution in [3.05, 3.63) is 34.9 Å². The van der Waals surface area contributed by atoms with Crippen LogP contribution in [0.1, 0.15) is 24.6 Å². The first kappa shape index (κ1) is 12.2. The van der Waals surface area contributed by atoms with Gasteiger partial charge in [-0.15, -0.1) is 6.58 Å². The summed E-state index contributed by atoms with van der Waals surface area (Å²) in [5.41, 5.74) is -0.0665. The number of aromatic amines is 1. The predicted molar refractivity (Wildman–Crippen MR) is 72.8 cm³/mol. The van der Waals surface area contributed by atoms with Crippen LogP contribution in [-0.4, -0.2) is 28.0 Å². The van der Waals surface area contributed by atoms with E-state index in [1.54, 1.807) is 11.8 Å². The third-order valence-corrected chi connectivity index (χ3v) is 3.48. The Morgan fingerprint density at radius 3 is 3.18 bits per heavy atom. The summed E-state index contributed by atoms with van der Waals surface area (Å²) < 4.78 is 0. The van der Waals surface area contributed by atoms with Crippen molar-refractivity contribution < 1.29 is 0 Å². The molecule has 1 aromatic rings. The molecule has 0 amide bonds. The summed E-state index contributed by atoms with van der Waals surface area (Å²) in [5.74, 6) is 3.94. The lowest BCUT2D eigenvalue weighted by Gasteiger charge is -2.06. The monoisotopic (exact) mass is 251 g/mol. The van der Waals surface area contributed by atoms with Crippen LogP contribution in [0.3, 0.4) is 0 Å². The maximum absolute atomic E-state index is 11.4. The topological polar surface area (TPSA) is 57.8 Å². The largest absolute Gasteiger partial charge is 0.369 e. The summed E-state index contributed by atoms with van der Waals surface area (Å²) in [6.45, 7) is 4.49. The number of nitrogens with zero attached hydrogens (tertiary/aromatic N) is 1. The Labute approximate surface area is 105 Å². The van der Waals surface area contributed by atoms with Crippen LogP contribution in [0.5, 0.6) is 0 Å². The van der Waals surface area contributed by atoms with Crippen LogP contribution in [-0.2, 0) is 0 Å². The Hall–Kier alpha value is -1.23. The first-order valence-electron chi connectivity index (χ1n) is 5.83. The lowest BCUT2D eigenvalue weighted by molar-refractivity contribution is 0.906. The Kier molecular flexibility index (Phi) is 4.25. The van der Waals surface area contributed by atoms with Crippen molar-refractivity contribution in [3.8, 4) is 0 Å². The van der Waals surface area contributed by atoms with E-state index in [1.165, 1.54) is 6.07 Å². The molecule has 1 aliphatic carbocycles. The molecule has 0 bridgehead atoms. The van der Waals surface area contributed by atoms with Gasteiger partial charge in [-0.3, -0.25) is 4.79 Å². The van der Waals surface area contributed by atoms with Crippen LogP contribution in [0.2, 0.25) is 0 Å². The van der Waals surface area contributed by atoms with E-state index in [0.717, 1.165) is 36.7 Å². The lowest BCUT2D eigenvalue weighted by Crippen LogP contribution is -2.14. The third kappa shape index (κ3) is 3.93. The summed E-state index contributed by atoms with van der Waals surface area (Å²) in [6, 6.07) is 1.52. The molecule has 4 nitrogen and oxygen atoms in total. The highest BCUT2D eigenvalue weighted by molar-refractivity contribution is 7.99. The predicted octanol–water partition coefficient (Wildman–Crippen LogP) is 1.98. The lowest BCUT2D eigenvalue weighted by atomic mass is 10.4.